The normalized spacial score (nSPS) is 11.0. The number of fused-ring (bicyclic) bond motifs is 1. The molecule has 0 spiro atoms. The van der Waals surface area contributed by atoms with Crippen LogP contribution in [0.5, 0.6) is 0 Å². The van der Waals surface area contributed by atoms with Crippen LogP contribution in [-0.2, 0) is 0 Å². The van der Waals surface area contributed by atoms with Gasteiger partial charge in [0.1, 0.15) is 5.69 Å². The number of hydrogen-bond donors (Lipinski definition) is 0. The van der Waals surface area contributed by atoms with Crippen molar-refractivity contribution < 1.29 is 4.42 Å². The van der Waals surface area contributed by atoms with Crippen molar-refractivity contribution in [1.82, 2.24) is 4.98 Å². The summed E-state index contributed by atoms with van der Waals surface area (Å²) in [5.41, 5.74) is 5.45. The molecule has 22 heavy (non-hydrogen) atoms. The van der Waals surface area contributed by atoms with Crippen LogP contribution in [0, 0.1) is 6.92 Å². The van der Waals surface area contributed by atoms with E-state index in [1.807, 2.05) is 18.2 Å². The minimum absolute atomic E-state index is 0.791. The van der Waals surface area contributed by atoms with Crippen molar-refractivity contribution in [2.45, 2.75) is 6.92 Å². The fraction of sp³-hybridized carbons (Fsp3) is 0.0500. The molecular formula is C20H15NO. The van der Waals surface area contributed by atoms with E-state index < -0.39 is 0 Å². The molecule has 0 aliphatic heterocycles. The van der Waals surface area contributed by atoms with Gasteiger partial charge in [0.15, 0.2) is 5.76 Å². The first-order chi connectivity index (χ1) is 10.8. The highest BCUT2D eigenvalue weighted by Crippen LogP contribution is 2.32. The topological polar surface area (TPSA) is 26.0 Å². The zero-order valence-corrected chi connectivity index (χ0v) is 12.3. The average Bonchev–Trinajstić information content (AvgIpc) is 3.09. The molecule has 0 saturated carbocycles. The van der Waals surface area contributed by atoms with E-state index in [9.17, 15) is 0 Å². The largest absolute Gasteiger partial charge is 0.463 e. The van der Waals surface area contributed by atoms with Crippen LogP contribution in [0.1, 0.15) is 5.56 Å². The van der Waals surface area contributed by atoms with Crippen molar-refractivity contribution >= 4 is 10.9 Å². The van der Waals surface area contributed by atoms with Crippen LogP contribution >= 0.6 is 0 Å². The molecule has 2 nitrogen and oxygen atoms in total. The second-order valence-corrected chi connectivity index (χ2v) is 5.42. The predicted octanol–water partition coefficient (Wildman–Crippen LogP) is 5.47. The van der Waals surface area contributed by atoms with Crippen LogP contribution in [0.4, 0.5) is 0 Å². The van der Waals surface area contributed by atoms with Crippen molar-refractivity contribution in [1.29, 1.82) is 0 Å². The Balaban J connectivity index is 2.05. The summed E-state index contributed by atoms with van der Waals surface area (Å²) in [6.07, 6.45) is 1.68. The molecule has 0 atom stereocenters. The Morgan fingerprint density at radius 2 is 1.73 bits per heavy atom. The maximum Gasteiger partial charge on any atom is 0.152 e. The van der Waals surface area contributed by atoms with E-state index in [0.29, 0.717) is 0 Å². The molecule has 0 aliphatic carbocycles. The third-order valence-electron chi connectivity index (χ3n) is 3.82. The number of nitrogens with zero attached hydrogens (tertiary/aromatic N) is 1. The minimum Gasteiger partial charge on any atom is -0.463 e. The van der Waals surface area contributed by atoms with Crippen LogP contribution in [0.15, 0.2) is 77.4 Å². The second kappa shape index (κ2) is 5.15. The number of benzene rings is 2. The van der Waals surface area contributed by atoms with E-state index in [-0.39, 0.29) is 0 Å². The highest BCUT2D eigenvalue weighted by molar-refractivity contribution is 5.96. The van der Waals surface area contributed by atoms with Gasteiger partial charge in [-0.25, -0.2) is 4.98 Å². The molecule has 0 radical (unpaired) electrons. The molecular weight excluding hydrogens is 270 g/mol. The SMILES string of the molecule is Cc1ccc2nc(-c3ccco3)cc(-c3ccccc3)c2c1. The fourth-order valence-electron chi connectivity index (χ4n) is 2.75. The van der Waals surface area contributed by atoms with Crippen LogP contribution < -0.4 is 0 Å². The Hall–Kier alpha value is -2.87. The minimum atomic E-state index is 0.791. The van der Waals surface area contributed by atoms with E-state index in [4.69, 9.17) is 9.40 Å². The Labute approximate surface area is 129 Å². The van der Waals surface area contributed by atoms with Gasteiger partial charge in [-0.15, -0.1) is 0 Å². The molecule has 0 N–H and O–H groups in total. The van der Waals surface area contributed by atoms with E-state index in [0.717, 1.165) is 17.0 Å². The van der Waals surface area contributed by atoms with Gasteiger partial charge in [-0.1, -0.05) is 42.0 Å². The quantitative estimate of drug-likeness (QED) is 0.488. The maximum absolute atomic E-state index is 5.52. The van der Waals surface area contributed by atoms with Crippen molar-refractivity contribution in [2.75, 3.05) is 0 Å². The highest BCUT2D eigenvalue weighted by Gasteiger charge is 2.11. The lowest BCUT2D eigenvalue weighted by Gasteiger charge is -2.10. The van der Waals surface area contributed by atoms with Gasteiger partial charge < -0.3 is 4.42 Å². The van der Waals surface area contributed by atoms with Crippen molar-refractivity contribution in [3.63, 3.8) is 0 Å². The average molecular weight is 285 g/mol. The Kier molecular flexibility index (Phi) is 3.01. The summed E-state index contributed by atoms with van der Waals surface area (Å²) in [6.45, 7) is 2.11. The molecule has 2 aromatic carbocycles. The highest BCUT2D eigenvalue weighted by atomic mass is 16.3. The number of hydrogen-bond acceptors (Lipinski definition) is 2. The summed E-state index contributed by atoms with van der Waals surface area (Å²) < 4.78 is 5.52. The first-order valence-corrected chi connectivity index (χ1v) is 7.32. The van der Waals surface area contributed by atoms with Crippen molar-refractivity contribution in [3.8, 4) is 22.6 Å². The zero-order valence-electron chi connectivity index (χ0n) is 12.3. The van der Waals surface area contributed by atoms with Crippen molar-refractivity contribution in [3.05, 3.63) is 78.6 Å². The number of aryl methyl sites for hydroxylation is 1. The van der Waals surface area contributed by atoms with E-state index in [1.165, 1.54) is 22.1 Å². The van der Waals surface area contributed by atoms with Crippen LogP contribution in [0.3, 0.4) is 0 Å². The molecule has 2 heterocycles. The molecule has 0 amide bonds. The summed E-state index contributed by atoms with van der Waals surface area (Å²) in [4.78, 5) is 4.75. The molecule has 2 heteroatoms. The van der Waals surface area contributed by atoms with Crippen LogP contribution in [0.2, 0.25) is 0 Å². The van der Waals surface area contributed by atoms with E-state index in [2.05, 4.69) is 55.5 Å². The van der Waals surface area contributed by atoms with E-state index in [1.54, 1.807) is 6.26 Å². The van der Waals surface area contributed by atoms with Gasteiger partial charge in [0.2, 0.25) is 0 Å². The first-order valence-electron chi connectivity index (χ1n) is 7.32. The molecule has 106 valence electrons. The number of pyridine rings is 1. The zero-order chi connectivity index (χ0) is 14.9. The van der Waals surface area contributed by atoms with Gasteiger partial charge in [-0.3, -0.25) is 0 Å². The van der Waals surface area contributed by atoms with E-state index >= 15 is 0 Å². The maximum atomic E-state index is 5.52. The number of furan rings is 1. The monoisotopic (exact) mass is 285 g/mol. The molecule has 4 rings (SSSR count). The molecule has 0 fully saturated rings. The second-order valence-electron chi connectivity index (χ2n) is 5.42. The lowest BCUT2D eigenvalue weighted by Crippen LogP contribution is -1.89. The van der Waals surface area contributed by atoms with Gasteiger partial charge in [0.25, 0.3) is 0 Å². The summed E-state index contributed by atoms with van der Waals surface area (Å²) in [5.74, 6) is 0.791. The van der Waals surface area contributed by atoms with Crippen molar-refractivity contribution in [2.24, 2.45) is 0 Å². The Morgan fingerprint density at radius 1 is 0.864 bits per heavy atom. The van der Waals surface area contributed by atoms with Crippen LogP contribution in [-0.4, -0.2) is 4.98 Å². The lowest BCUT2D eigenvalue weighted by atomic mass is 9.98. The molecule has 0 saturated heterocycles. The summed E-state index contributed by atoms with van der Waals surface area (Å²) >= 11 is 0. The lowest BCUT2D eigenvalue weighted by molar-refractivity contribution is 0.580. The Bertz CT molecular complexity index is 925. The fourth-order valence-corrected chi connectivity index (χ4v) is 2.75. The first kappa shape index (κ1) is 12.8. The molecule has 0 unspecified atom stereocenters. The summed E-state index contributed by atoms with van der Waals surface area (Å²) in [6, 6.07) is 22.7. The predicted molar refractivity (Wildman–Crippen MR) is 89.6 cm³/mol. The summed E-state index contributed by atoms with van der Waals surface area (Å²) in [7, 11) is 0. The third kappa shape index (κ3) is 2.19. The van der Waals surface area contributed by atoms with Gasteiger partial charge >= 0.3 is 0 Å². The van der Waals surface area contributed by atoms with Gasteiger partial charge in [-0.2, -0.15) is 0 Å². The molecule has 4 aromatic rings. The van der Waals surface area contributed by atoms with Gasteiger partial charge in [0.05, 0.1) is 11.8 Å². The molecule has 0 aliphatic rings. The molecule has 0 bridgehead atoms. The molecule has 2 aromatic heterocycles. The number of rotatable bonds is 2. The number of aromatic nitrogens is 1. The smallest absolute Gasteiger partial charge is 0.152 e. The Morgan fingerprint density at radius 3 is 2.50 bits per heavy atom. The summed E-state index contributed by atoms with van der Waals surface area (Å²) in [5, 5.41) is 1.17. The van der Waals surface area contributed by atoms with Crippen LogP contribution in [0.25, 0.3) is 33.5 Å². The third-order valence-corrected chi connectivity index (χ3v) is 3.82. The van der Waals surface area contributed by atoms with Gasteiger partial charge in [-0.05, 0) is 48.4 Å². The standard InChI is InChI=1S/C20H15NO/c1-14-9-10-18-17(12-14)16(15-6-3-2-4-7-15)13-19(21-18)20-8-5-11-22-20/h2-13H,1H3. The van der Waals surface area contributed by atoms with Gasteiger partial charge in [0, 0.05) is 5.39 Å².